The van der Waals surface area contributed by atoms with Crippen LogP contribution in [-0.2, 0) is 17.9 Å². The van der Waals surface area contributed by atoms with Crippen LogP contribution < -0.4 is 9.64 Å². The number of phenolic OH excluding ortho intramolecular Hbond substituents is 1. The molecule has 0 spiro atoms. The molecule has 0 saturated heterocycles. The van der Waals surface area contributed by atoms with Gasteiger partial charge >= 0.3 is 0 Å². The summed E-state index contributed by atoms with van der Waals surface area (Å²) in [5.41, 5.74) is 2.32. The van der Waals surface area contributed by atoms with E-state index >= 15 is 0 Å². The Morgan fingerprint density at radius 2 is 1.88 bits per heavy atom. The minimum atomic E-state index is -0.384. The highest BCUT2D eigenvalue weighted by atomic mass is 35.5. The molecule has 9 heteroatoms. The predicted octanol–water partition coefficient (Wildman–Crippen LogP) is 3.94. The first-order valence-corrected chi connectivity index (χ1v) is 10.6. The molecule has 0 unspecified atom stereocenters. The number of likely N-dealkylation sites (N-methyl/N-ethyl adjacent to an activating group) is 2. The van der Waals surface area contributed by atoms with Gasteiger partial charge in [0.25, 0.3) is 5.91 Å². The monoisotopic (exact) mass is 477 g/mol. The molecular weight excluding hydrogens is 453 g/mol. The van der Waals surface area contributed by atoms with Crippen molar-refractivity contribution >= 4 is 40.7 Å². The SMILES string of the molecule is COc1cc(O)c(C(=O)N2Cc3ccc(Cl)c(N(C)C(=O)/C=C/CN(C)C)c3C2)cc1Cl. The Balaban J connectivity index is 1.87. The molecule has 0 bridgehead atoms. The van der Waals surface area contributed by atoms with E-state index in [-0.39, 0.29) is 40.4 Å². The Kier molecular flexibility index (Phi) is 7.33. The van der Waals surface area contributed by atoms with Crippen LogP contribution in [0.15, 0.2) is 36.4 Å². The van der Waals surface area contributed by atoms with Gasteiger partial charge in [-0.15, -0.1) is 0 Å². The number of carbonyl (C=O) groups excluding carboxylic acids is 2. The molecule has 0 saturated carbocycles. The first-order chi connectivity index (χ1) is 15.1. The van der Waals surface area contributed by atoms with E-state index in [0.717, 1.165) is 11.1 Å². The van der Waals surface area contributed by atoms with Crippen LogP contribution in [0.25, 0.3) is 0 Å². The van der Waals surface area contributed by atoms with E-state index in [2.05, 4.69) is 0 Å². The predicted molar refractivity (Wildman–Crippen MR) is 126 cm³/mol. The quantitative estimate of drug-likeness (QED) is 0.637. The second-order valence-electron chi connectivity index (χ2n) is 7.76. The van der Waals surface area contributed by atoms with Crippen molar-refractivity contribution in [2.24, 2.45) is 0 Å². The van der Waals surface area contributed by atoms with E-state index in [4.69, 9.17) is 27.9 Å². The fourth-order valence-electron chi connectivity index (χ4n) is 3.56. The number of hydrogen-bond acceptors (Lipinski definition) is 5. The van der Waals surface area contributed by atoms with Gasteiger partial charge in [-0.05, 0) is 31.8 Å². The summed E-state index contributed by atoms with van der Waals surface area (Å²) in [4.78, 5) is 30.8. The van der Waals surface area contributed by atoms with Crippen molar-refractivity contribution < 1.29 is 19.4 Å². The van der Waals surface area contributed by atoms with Crippen LogP contribution in [0.4, 0.5) is 5.69 Å². The molecule has 2 aromatic carbocycles. The van der Waals surface area contributed by atoms with E-state index in [1.807, 2.05) is 25.1 Å². The standard InChI is InChI=1S/C23H25Cl2N3O4/c1-26(2)9-5-6-21(30)27(3)22-16-13-28(12-14(16)7-8-17(22)24)23(31)15-10-18(25)20(32-4)11-19(15)29/h5-8,10-11,29H,9,12-13H2,1-4H3/b6-5+. The molecule has 0 fully saturated rings. The Labute approximate surface area is 197 Å². The molecule has 3 rings (SSSR count). The van der Waals surface area contributed by atoms with Crippen LogP contribution >= 0.6 is 23.2 Å². The summed E-state index contributed by atoms with van der Waals surface area (Å²) < 4.78 is 5.08. The van der Waals surface area contributed by atoms with Crippen LogP contribution in [0.1, 0.15) is 21.5 Å². The highest BCUT2D eigenvalue weighted by Gasteiger charge is 2.31. The third-order valence-electron chi connectivity index (χ3n) is 5.23. The minimum absolute atomic E-state index is 0.0762. The number of carbonyl (C=O) groups is 2. The molecular formula is C23H25Cl2N3O4. The van der Waals surface area contributed by atoms with Gasteiger partial charge in [0.1, 0.15) is 11.5 Å². The lowest BCUT2D eigenvalue weighted by Crippen LogP contribution is -2.27. The normalized spacial score (nSPS) is 13.0. The Bertz CT molecular complexity index is 1090. The molecule has 1 aliphatic heterocycles. The number of methoxy groups -OCH3 is 1. The van der Waals surface area contributed by atoms with Gasteiger partial charge in [-0.2, -0.15) is 0 Å². The second kappa shape index (κ2) is 9.81. The van der Waals surface area contributed by atoms with Crippen molar-refractivity contribution in [1.82, 2.24) is 9.80 Å². The van der Waals surface area contributed by atoms with Gasteiger partial charge in [-0.1, -0.05) is 35.3 Å². The van der Waals surface area contributed by atoms with Crippen molar-refractivity contribution in [3.05, 3.63) is 63.2 Å². The van der Waals surface area contributed by atoms with Gasteiger partial charge in [0, 0.05) is 44.4 Å². The van der Waals surface area contributed by atoms with Gasteiger partial charge in [0.2, 0.25) is 5.91 Å². The summed E-state index contributed by atoms with van der Waals surface area (Å²) in [6.45, 7) is 1.20. The summed E-state index contributed by atoms with van der Waals surface area (Å²) >= 11 is 12.6. The van der Waals surface area contributed by atoms with Crippen molar-refractivity contribution in [3.8, 4) is 11.5 Å². The molecule has 1 heterocycles. The van der Waals surface area contributed by atoms with E-state index in [9.17, 15) is 14.7 Å². The molecule has 170 valence electrons. The number of anilines is 1. The third-order valence-corrected chi connectivity index (χ3v) is 5.83. The maximum absolute atomic E-state index is 13.1. The molecule has 0 aromatic heterocycles. The van der Waals surface area contributed by atoms with Crippen molar-refractivity contribution in [3.63, 3.8) is 0 Å². The topological polar surface area (TPSA) is 73.3 Å². The lowest BCUT2D eigenvalue weighted by atomic mass is 10.1. The number of ether oxygens (including phenoxy) is 1. The first-order valence-electron chi connectivity index (χ1n) is 9.89. The van der Waals surface area contributed by atoms with Crippen LogP contribution in [0.3, 0.4) is 0 Å². The van der Waals surface area contributed by atoms with Gasteiger partial charge in [-0.3, -0.25) is 9.59 Å². The number of amides is 2. The third kappa shape index (κ3) is 4.85. The van der Waals surface area contributed by atoms with Gasteiger partial charge in [-0.25, -0.2) is 0 Å². The lowest BCUT2D eigenvalue weighted by molar-refractivity contribution is -0.113. The number of aromatic hydroxyl groups is 1. The fourth-order valence-corrected chi connectivity index (χ4v) is 4.10. The highest BCUT2D eigenvalue weighted by molar-refractivity contribution is 6.34. The van der Waals surface area contributed by atoms with Gasteiger partial charge in [0.15, 0.2) is 0 Å². The van der Waals surface area contributed by atoms with E-state index in [1.165, 1.54) is 30.2 Å². The van der Waals surface area contributed by atoms with Crippen molar-refractivity contribution in [2.75, 3.05) is 39.7 Å². The average Bonchev–Trinajstić information content (AvgIpc) is 3.17. The number of nitrogens with zero attached hydrogens (tertiary/aromatic N) is 3. The van der Waals surface area contributed by atoms with Crippen LogP contribution in [-0.4, -0.2) is 61.5 Å². The van der Waals surface area contributed by atoms with Gasteiger partial charge < -0.3 is 24.5 Å². The summed E-state index contributed by atoms with van der Waals surface area (Å²) in [6.07, 6.45) is 3.28. The summed E-state index contributed by atoms with van der Waals surface area (Å²) in [5.74, 6) is -0.539. The number of halogens is 2. The molecule has 0 aliphatic carbocycles. The second-order valence-corrected chi connectivity index (χ2v) is 8.58. The Hall–Kier alpha value is -2.74. The van der Waals surface area contributed by atoms with Gasteiger partial charge in [0.05, 0.1) is 28.4 Å². The molecule has 32 heavy (non-hydrogen) atoms. The zero-order valence-electron chi connectivity index (χ0n) is 18.4. The zero-order valence-corrected chi connectivity index (χ0v) is 19.9. The summed E-state index contributed by atoms with van der Waals surface area (Å²) in [7, 11) is 6.92. The Morgan fingerprint density at radius 1 is 1.16 bits per heavy atom. The minimum Gasteiger partial charge on any atom is -0.507 e. The van der Waals surface area contributed by atoms with Crippen LogP contribution in [0.5, 0.6) is 11.5 Å². The smallest absolute Gasteiger partial charge is 0.258 e. The molecule has 1 aliphatic rings. The van der Waals surface area contributed by atoms with E-state index in [0.29, 0.717) is 23.8 Å². The Morgan fingerprint density at radius 3 is 2.53 bits per heavy atom. The van der Waals surface area contributed by atoms with Crippen LogP contribution in [0.2, 0.25) is 10.0 Å². The summed E-state index contributed by atoms with van der Waals surface area (Å²) in [6, 6.07) is 6.27. The first kappa shape index (κ1) is 23.9. The number of rotatable bonds is 6. The molecule has 2 amide bonds. The molecule has 0 radical (unpaired) electrons. The fraction of sp³-hybridized carbons (Fsp3) is 0.304. The lowest BCUT2D eigenvalue weighted by Gasteiger charge is -2.21. The molecule has 7 nitrogen and oxygen atoms in total. The van der Waals surface area contributed by atoms with Crippen LogP contribution in [0, 0.1) is 0 Å². The number of hydrogen-bond donors (Lipinski definition) is 1. The zero-order chi connectivity index (χ0) is 23.6. The number of fused-ring (bicyclic) bond motifs is 1. The number of phenols is 1. The molecule has 1 N–H and O–H groups in total. The maximum Gasteiger partial charge on any atom is 0.258 e. The summed E-state index contributed by atoms with van der Waals surface area (Å²) in [5, 5.41) is 11.0. The number of benzene rings is 2. The van der Waals surface area contributed by atoms with Crippen molar-refractivity contribution in [1.29, 1.82) is 0 Å². The average molecular weight is 478 g/mol. The highest BCUT2D eigenvalue weighted by Crippen LogP contribution is 2.39. The largest absolute Gasteiger partial charge is 0.507 e. The molecule has 2 aromatic rings. The van der Waals surface area contributed by atoms with E-state index < -0.39 is 0 Å². The molecule has 0 atom stereocenters. The van der Waals surface area contributed by atoms with E-state index in [1.54, 1.807) is 24.1 Å². The maximum atomic E-state index is 13.1. The van der Waals surface area contributed by atoms with Crippen molar-refractivity contribution in [2.45, 2.75) is 13.1 Å².